The molecule has 1 atom stereocenters. The number of hydrogen-bond donors (Lipinski definition) is 2. The minimum absolute atomic E-state index is 0.0141. The molecule has 0 aliphatic carbocycles. The highest BCUT2D eigenvalue weighted by atomic mass is 16.2. The van der Waals surface area contributed by atoms with Crippen molar-refractivity contribution in [1.29, 1.82) is 0 Å². The second-order valence-electron chi connectivity index (χ2n) is 5.26. The van der Waals surface area contributed by atoms with E-state index in [1.807, 2.05) is 23.1 Å². The topological polar surface area (TPSA) is 61.4 Å². The molecule has 0 radical (unpaired) electrons. The van der Waals surface area contributed by atoms with Crippen LogP contribution in [0.15, 0.2) is 30.3 Å². The summed E-state index contributed by atoms with van der Waals surface area (Å²) in [5, 5.41) is 5.29. The van der Waals surface area contributed by atoms with Gasteiger partial charge in [-0.25, -0.2) is 4.79 Å². The van der Waals surface area contributed by atoms with Gasteiger partial charge in [-0.3, -0.25) is 4.79 Å². The largest absolute Gasteiger partial charge is 0.341 e. The molecule has 1 heterocycles. The molecule has 0 aromatic heterocycles. The molecular weight excluding hydrogens is 254 g/mol. The predicted octanol–water partition coefficient (Wildman–Crippen LogP) is 2.07. The molecule has 2 N–H and O–H groups in total. The van der Waals surface area contributed by atoms with E-state index in [9.17, 15) is 9.59 Å². The van der Waals surface area contributed by atoms with Gasteiger partial charge in [0.25, 0.3) is 0 Å². The first-order chi connectivity index (χ1) is 9.65. The predicted molar refractivity (Wildman–Crippen MR) is 78.4 cm³/mol. The molecular formula is C15H21N3O2. The van der Waals surface area contributed by atoms with Gasteiger partial charge in [-0.2, -0.15) is 0 Å². The van der Waals surface area contributed by atoms with Gasteiger partial charge in [0.1, 0.15) is 0 Å². The van der Waals surface area contributed by atoms with Crippen LogP contribution < -0.4 is 10.6 Å². The minimum Gasteiger partial charge on any atom is -0.341 e. The van der Waals surface area contributed by atoms with Crippen LogP contribution in [0, 0.1) is 5.92 Å². The molecule has 0 saturated carbocycles. The zero-order valence-electron chi connectivity index (χ0n) is 11.8. The first kappa shape index (κ1) is 14.4. The molecule has 0 bridgehead atoms. The summed E-state index contributed by atoms with van der Waals surface area (Å²) in [5.41, 5.74) is 0.712. The second kappa shape index (κ2) is 6.93. The van der Waals surface area contributed by atoms with Crippen LogP contribution >= 0.6 is 0 Å². The van der Waals surface area contributed by atoms with Gasteiger partial charge in [0.2, 0.25) is 5.91 Å². The van der Waals surface area contributed by atoms with Crippen LogP contribution in [-0.2, 0) is 4.79 Å². The van der Waals surface area contributed by atoms with E-state index >= 15 is 0 Å². The highest BCUT2D eigenvalue weighted by Gasteiger charge is 2.20. The van der Waals surface area contributed by atoms with Gasteiger partial charge >= 0.3 is 6.03 Å². The van der Waals surface area contributed by atoms with Gasteiger partial charge in [-0.1, -0.05) is 25.1 Å². The number of benzene rings is 1. The molecule has 20 heavy (non-hydrogen) atoms. The van der Waals surface area contributed by atoms with Crippen molar-refractivity contribution in [2.45, 2.75) is 19.8 Å². The highest BCUT2D eigenvalue weighted by molar-refractivity contribution is 5.92. The summed E-state index contributed by atoms with van der Waals surface area (Å²) >= 11 is 0. The van der Waals surface area contributed by atoms with Crippen LogP contribution in [-0.4, -0.2) is 36.5 Å². The fourth-order valence-electron chi connectivity index (χ4n) is 2.38. The van der Waals surface area contributed by atoms with Gasteiger partial charge < -0.3 is 15.5 Å². The summed E-state index contributed by atoms with van der Waals surface area (Å²) in [7, 11) is 0. The first-order valence-corrected chi connectivity index (χ1v) is 7.03. The number of likely N-dealkylation sites (tertiary alicyclic amines) is 1. The van der Waals surface area contributed by atoms with Crippen molar-refractivity contribution in [2.24, 2.45) is 5.92 Å². The number of urea groups is 1. The highest BCUT2D eigenvalue weighted by Crippen LogP contribution is 2.15. The number of carbonyl (C=O) groups excluding carboxylic acids is 2. The lowest BCUT2D eigenvalue weighted by Crippen LogP contribution is -2.45. The first-order valence-electron chi connectivity index (χ1n) is 7.03. The van der Waals surface area contributed by atoms with Crippen LogP contribution in [0.25, 0.3) is 0 Å². The lowest BCUT2D eigenvalue weighted by Gasteiger charge is -2.31. The van der Waals surface area contributed by atoms with Gasteiger partial charge in [0.15, 0.2) is 0 Å². The summed E-state index contributed by atoms with van der Waals surface area (Å²) in [6.07, 6.45) is 2.22. The molecule has 1 aliphatic heterocycles. The second-order valence-corrected chi connectivity index (χ2v) is 5.26. The summed E-state index contributed by atoms with van der Waals surface area (Å²) in [6.45, 7) is 3.78. The average Bonchev–Trinajstić information content (AvgIpc) is 2.46. The fourth-order valence-corrected chi connectivity index (χ4v) is 2.38. The Bertz CT molecular complexity index is 461. The third-order valence-electron chi connectivity index (χ3n) is 3.44. The molecule has 1 aromatic rings. The van der Waals surface area contributed by atoms with Gasteiger partial charge in [-0.05, 0) is 30.9 Å². The van der Waals surface area contributed by atoms with Gasteiger partial charge in [-0.15, -0.1) is 0 Å². The summed E-state index contributed by atoms with van der Waals surface area (Å²) in [4.78, 5) is 25.5. The van der Waals surface area contributed by atoms with Crippen LogP contribution in [0.2, 0.25) is 0 Å². The van der Waals surface area contributed by atoms with E-state index in [4.69, 9.17) is 0 Å². The molecule has 1 fully saturated rings. The van der Waals surface area contributed by atoms with E-state index in [0.717, 1.165) is 19.5 Å². The third kappa shape index (κ3) is 4.26. The molecule has 1 saturated heterocycles. The Morgan fingerprint density at radius 1 is 1.30 bits per heavy atom. The Kier molecular flexibility index (Phi) is 4.98. The summed E-state index contributed by atoms with van der Waals surface area (Å²) in [6, 6.07) is 8.81. The Morgan fingerprint density at radius 3 is 2.75 bits per heavy atom. The van der Waals surface area contributed by atoms with Crippen molar-refractivity contribution < 1.29 is 9.59 Å². The van der Waals surface area contributed by atoms with Crippen molar-refractivity contribution in [1.82, 2.24) is 10.2 Å². The normalized spacial score (nSPS) is 18.4. The number of hydrogen-bond acceptors (Lipinski definition) is 2. The molecule has 5 nitrogen and oxygen atoms in total. The Labute approximate surface area is 119 Å². The number of rotatable bonds is 3. The SMILES string of the molecule is C[C@H]1CCCN(C(=O)CNC(=O)Nc2ccccc2)C1. The van der Waals surface area contributed by atoms with Crippen molar-refractivity contribution in [3.8, 4) is 0 Å². The maximum absolute atomic E-state index is 12.0. The third-order valence-corrected chi connectivity index (χ3v) is 3.44. The molecule has 0 unspecified atom stereocenters. The van der Waals surface area contributed by atoms with Crippen LogP contribution in [0.1, 0.15) is 19.8 Å². The van der Waals surface area contributed by atoms with Crippen molar-refractivity contribution in [3.05, 3.63) is 30.3 Å². The fraction of sp³-hybridized carbons (Fsp3) is 0.467. The number of nitrogens with one attached hydrogen (secondary N) is 2. The maximum Gasteiger partial charge on any atom is 0.319 e. The lowest BCUT2D eigenvalue weighted by atomic mass is 10.0. The van der Waals surface area contributed by atoms with E-state index < -0.39 is 0 Å². The number of piperidine rings is 1. The Hall–Kier alpha value is -2.04. The van der Waals surface area contributed by atoms with Crippen molar-refractivity contribution in [2.75, 3.05) is 25.0 Å². The van der Waals surface area contributed by atoms with Crippen LogP contribution in [0.5, 0.6) is 0 Å². The lowest BCUT2D eigenvalue weighted by molar-refractivity contribution is -0.131. The number of nitrogens with zero attached hydrogens (tertiary/aromatic N) is 1. The smallest absolute Gasteiger partial charge is 0.319 e. The van der Waals surface area contributed by atoms with Gasteiger partial charge in [0, 0.05) is 18.8 Å². The molecule has 0 spiro atoms. The molecule has 1 aromatic carbocycles. The monoisotopic (exact) mass is 275 g/mol. The molecule has 5 heteroatoms. The summed E-state index contributed by atoms with van der Waals surface area (Å²) in [5.74, 6) is 0.533. The minimum atomic E-state index is -0.352. The average molecular weight is 275 g/mol. The van der Waals surface area contributed by atoms with Crippen molar-refractivity contribution in [3.63, 3.8) is 0 Å². The van der Waals surface area contributed by atoms with Crippen LogP contribution in [0.3, 0.4) is 0 Å². The number of carbonyl (C=O) groups is 2. The quantitative estimate of drug-likeness (QED) is 0.887. The number of para-hydroxylation sites is 1. The van der Waals surface area contributed by atoms with E-state index in [1.165, 1.54) is 6.42 Å². The van der Waals surface area contributed by atoms with Crippen LogP contribution in [0.4, 0.5) is 10.5 Å². The molecule has 108 valence electrons. The van der Waals surface area contributed by atoms with E-state index in [1.54, 1.807) is 12.1 Å². The Morgan fingerprint density at radius 2 is 2.05 bits per heavy atom. The van der Waals surface area contributed by atoms with Gasteiger partial charge in [0.05, 0.1) is 6.54 Å². The van der Waals surface area contributed by atoms with E-state index in [0.29, 0.717) is 11.6 Å². The zero-order chi connectivity index (χ0) is 14.4. The van der Waals surface area contributed by atoms with E-state index in [2.05, 4.69) is 17.6 Å². The molecule has 2 rings (SSSR count). The number of amides is 3. The van der Waals surface area contributed by atoms with Crippen molar-refractivity contribution >= 4 is 17.6 Å². The van der Waals surface area contributed by atoms with E-state index in [-0.39, 0.29) is 18.5 Å². The number of anilines is 1. The Balaban J connectivity index is 1.74. The molecule has 1 aliphatic rings. The zero-order valence-corrected chi connectivity index (χ0v) is 11.8. The molecule has 3 amide bonds. The maximum atomic E-state index is 12.0. The standard InChI is InChI=1S/C15H21N3O2/c1-12-6-5-9-18(11-12)14(19)10-16-15(20)17-13-7-3-2-4-8-13/h2-4,7-8,12H,5-6,9-11H2,1H3,(H2,16,17,20)/t12-/m0/s1. The summed E-state index contributed by atoms with van der Waals surface area (Å²) < 4.78 is 0.